The lowest BCUT2D eigenvalue weighted by atomic mass is 9.88. The van der Waals surface area contributed by atoms with Crippen molar-refractivity contribution in [3.05, 3.63) is 261 Å². The number of hydrogen-bond acceptors (Lipinski definition) is 2. The molecule has 0 unspecified atom stereocenters. The van der Waals surface area contributed by atoms with E-state index in [0.717, 1.165) is 61.3 Å². The normalized spacial score (nSPS) is 11.3. The predicted molar refractivity (Wildman–Crippen MR) is 279 cm³/mol. The lowest BCUT2D eigenvalue weighted by Gasteiger charge is -2.29. The Morgan fingerprint density at radius 1 is 0.258 bits per heavy atom. The third kappa shape index (κ3) is 7.12. The average Bonchev–Trinajstić information content (AvgIpc) is 3.79. The molecule has 2 nitrogen and oxygen atoms in total. The van der Waals surface area contributed by atoms with Crippen LogP contribution < -0.4 is 4.90 Å². The molecule has 12 rings (SSSR count). The molecular formula is C64H43NO. The summed E-state index contributed by atoms with van der Waals surface area (Å²) in [7, 11) is 0. The third-order valence-electron chi connectivity index (χ3n) is 12.9. The highest BCUT2D eigenvalue weighted by molar-refractivity contribution is 6.09. The lowest BCUT2D eigenvalue weighted by Crippen LogP contribution is -2.11. The van der Waals surface area contributed by atoms with Crippen LogP contribution in [-0.2, 0) is 0 Å². The second-order valence-corrected chi connectivity index (χ2v) is 16.8. The molecule has 0 atom stereocenters. The first kappa shape index (κ1) is 38.9. The lowest BCUT2D eigenvalue weighted by molar-refractivity contribution is 0.670. The summed E-state index contributed by atoms with van der Waals surface area (Å²) >= 11 is 0. The van der Waals surface area contributed by atoms with Crippen LogP contribution in [0.15, 0.2) is 265 Å². The topological polar surface area (TPSA) is 16.4 Å². The zero-order valence-electron chi connectivity index (χ0n) is 36.2. The quantitative estimate of drug-likeness (QED) is 0.144. The minimum atomic E-state index is 0.898. The summed E-state index contributed by atoms with van der Waals surface area (Å²) < 4.78 is 6.49. The van der Waals surface area contributed by atoms with Gasteiger partial charge in [0.2, 0.25) is 0 Å². The minimum absolute atomic E-state index is 0.898. The van der Waals surface area contributed by atoms with Crippen molar-refractivity contribution in [2.24, 2.45) is 0 Å². The van der Waals surface area contributed by atoms with E-state index in [2.05, 4.69) is 254 Å². The SMILES string of the molecule is c1ccc(-c2ccc(-c3ccccc3-c3ccccc3-c3ccccc3N(c3ccc(-c4ccc5ccccc5c4)cc3)c3ccc(-c4cccc5c4oc4ccccc45)cc3)cc2)cc1. The molecule has 0 bridgehead atoms. The van der Waals surface area contributed by atoms with Crippen LogP contribution in [0.1, 0.15) is 0 Å². The van der Waals surface area contributed by atoms with Crippen molar-refractivity contribution < 1.29 is 4.42 Å². The van der Waals surface area contributed by atoms with Gasteiger partial charge in [-0.3, -0.25) is 0 Å². The third-order valence-corrected chi connectivity index (χ3v) is 12.9. The van der Waals surface area contributed by atoms with Crippen molar-refractivity contribution in [2.45, 2.75) is 0 Å². The van der Waals surface area contributed by atoms with Crippen molar-refractivity contribution in [1.82, 2.24) is 0 Å². The van der Waals surface area contributed by atoms with Crippen LogP contribution in [0.25, 0.3) is 99.5 Å². The van der Waals surface area contributed by atoms with E-state index >= 15 is 0 Å². The molecule has 12 aromatic rings. The number of nitrogens with zero attached hydrogens (tertiary/aromatic N) is 1. The van der Waals surface area contributed by atoms with Crippen LogP contribution in [0.3, 0.4) is 0 Å². The maximum atomic E-state index is 6.49. The molecule has 0 spiro atoms. The van der Waals surface area contributed by atoms with Gasteiger partial charge < -0.3 is 9.32 Å². The summed E-state index contributed by atoms with van der Waals surface area (Å²) in [5.41, 5.74) is 19.0. The van der Waals surface area contributed by atoms with Crippen molar-refractivity contribution >= 4 is 49.8 Å². The second kappa shape index (κ2) is 16.8. The van der Waals surface area contributed by atoms with Crippen LogP contribution >= 0.6 is 0 Å². The van der Waals surface area contributed by atoms with E-state index in [1.807, 2.05) is 12.1 Å². The molecule has 0 fully saturated rings. The van der Waals surface area contributed by atoms with Crippen LogP contribution in [-0.4, -0.2) is 0 Å². The Kier molecular flexibility index (Phi) is 9.89. The summed E-state index contributed by atoms with van der Waals surface area (Å²) in [6.07, 6.45) is 0. The molecule has 0 aliphatic heterocycles. The summed E-state index contributed by atoms with van der Waals surface area (Å²) in [5, 5.41) is 4.73. The summed E-state index contributed by atoms with van der Waals surface area (Å²) in [5.74, 6) is 0. The van der Waals surface area contributed by atoms with Gasteiger partial charge in [-0.05, 0) is 109 Å². The zero-order chi connectivity index (χ0) is 43.8. The van der Waals surface area contributed by atoms with Gasteiger partial charge in [-0.15, -0.1) is 0 Å². The molecule has 11 aromatic carbocycles. The Balaban J connectivity index is 0.978. The van der Waals surface area contributed by atoms with Gasteiger partial charge in [0.05, 0.1) is 5.69 Å². The van der Waals surface area contributed by atoms with E-state index in [4.69, 9.17) is 4.42 Å². The Bertz CT molecular complexity index is 3680. The zero-order valence-corrected chi connectivity index (χ0v) is 36.2. The maximum absolute atomic E-state index is 6.49. The summed E-state index contributed by atoms with van der Waals surface area (Å²) in [4.78, 5) is 2.40. The highest BCUT2D eigenvalue weighted by Gasteiger charge is 2.21. The van der Waals surface area contributed by atoms with Crippen molar-refractivity contribution in [2.75, 3.05) is 4.90 Å². The molecule has 0 saturated heterocycles. The van der Waals surface area contributed by atoms with Gasteiger partial charge in [-0.2, -0.15) is 0 Å². The molecule has 0 aliphatic rings. The fourth-order valence-electron chi connectivity index (χ4n) is 9.66. The van der Waals surface area contributed by atoms with E-state index in [-0.39, 0.29) is 0 Å². The van der Waals surface area contributed by atoms with Crippen LogP contribution in [0.2, 0.25) is 0 Å². The predicted octanol–water partition coefficient (Wildman–Crippen LogP) is 18.2. The van der Waals surface area contributed by atoms with E-state index in [9.17, 15) is 0 Å². The van der Waals surface area contributed by atoms with E-state index in [1.54, 1.807) is 0 Å². The molecule has 310 valence electrons. The van der Waals surface area contributed by atoms with Gasteiger partial charge >= 0.3 is 0 Å². The number of benzene rings is 11. The Hall–Kier alpha value is -8.72. The van der Waals surface area contributed by atoms with E-state index < -0.39 is 0 Å². The molecule has 0 saturated carbocycles. The first-order chi connectivity index (χ1) is 32.7. The van der Waals surface area contributed by atoms with Gasteiger partial charge in [0.15, 0.2) is 0 Å². The summed E-state index contributed by atoms with van der Waals surface area (Å²) in [6, 6.07) is 93.9. The number of rotatable bonds is 9. The van der Waals surface area contributed by atoms with Gasteiger partial charge in [0, 0.05) is 33.3 Å². The van der Waals surface area contributed by atoms with Crippen molar-refractivity contribution in [3.8, 4) is 66.8 Å². The monoisotopic (exact) mass is 841 g/mol. The van der Waals surface area contributed by atoms with Crippen LogP contribution in [0.5, 0.6) is 0 Å². The van der Waals surface area contributed by atoms with Crippen molar-refractivity contribution in [3.63, 3.8) is 0 Å². The standard InChI is InChI=1S/C64H43NO/c1-2-15-44(16-3-1)46-29-32-48(33-30-46)54-19-6-7-20-56(54)57-21-8-9-22-58(57)59-23-10-12-27-62(59)65(52-39-35-47(36-40-52)51-34-31-45-17-4-5-18-50(45)43-51)53-41-37-49(38-42-53)55-25-14-26-61-60-24-11-13-28-63(60)66-64(55)61/h1-43H. The molecule has 0 amide bonds. The number of para-hydroxylation sites is 3. The Morgan fingerprint density at radius 2 is 0.712 bits per heavy atom. The molecule has 2 heteroatoms. The van der Waals surface area contributed by atoms with Gasteiger partial charge in [0.25, 0.3) is 0 Å². The van der Waals surface area contributed by atoms with E-state index in [0.29, 0.717) is 0 Å². The largest absolute Gasteiger partial charge is 0.455 e. The average molecular weight is 842 g/mol. The first-order valence-corrected chi connectivity index (χ1v) is 22.6. The molecule has 1 aromatic heterocycles. The molecular weight excluding hydrogens is 799 g/mol. The molecule has 0 N–H and O–H groups in total. The van der Waals surface area contributed by atoms with Crippen LogP contribution in [0, 0.1) is 0 Å². The highest BCUT2D eigenvalue weighted by atomic mass is 16.3. The molecule has 0 aliphatic carbocycles. The second-order valence-electron chi connectivity index (χ2n) is 16.8. The minimum Gasteiger partial charge on any atom is -0.455 e. The number of hydrogen-bond donors (Lipinski definition) is 0. The Morgan fingerprint density at radius 3 is 1.45 bits per heavy atom. The molecule has 0 radical (unpaired) electrons. The summed E-state index contributed by atoms with van der Waals surface area (Å²) in [6.45, 7) is 0. The van der Waals surface area contributed by atoms with Crippen LogP contribution in [0.4, 0.5) is 17.1 Å². The van der Waals surface area contributed by atoms with Gasteiger partial charge in [-0.1, -0.05) is 218 Å². The van der Waals surface area contributed by atoms with Gasteiger partial charge in [-0.25, -0.2) is 0 Å². The number of anilines is 3. The van der Waals surface area contributed by atoms with Crippen molar-refractivity contribution in [1.29, 1.82) is 0 Å². The smallest absolute Gasteiger partial charge is 0.143 e. The maximum Gasteiger partial charge on any atom is 0.143 e. The highest BCUT2D eigenvalue weighted by Crippen LogP contribution is 2.46. The number of furan rings is 1. The van der Waals surface area contributed by atoms with E-state index in [1.165, 1.54) is 55.3 Å². The molecule has 1 heterocycles. The van der Waals surface area contributed by atoms with Gasteiger partial charge in [0.1, 0.15) is 11.2 Å². The molecule has 66 heavy (non-hydrogen) atoms. The Labute approximate surface area is 384 Å². The first-order valence-electron chi connectivity index (χ1n) is 22.6. The fourth-order valence-corrected chi connectivity index (χ4v) is 9.66. The number of fused-ring (bicyclic) bond motifs is 4. The fraction of sp³-hybridized carbons (Fsp3) is 0.